The molecule has 1 aromatic heterocycles. The van der Waals surface area contributed by atoms with Crippen molar-refractivity contribution in [1.29, 1.82) is 0 Å². The molecule has 1 aromatic carbocycles. The Hall–Kier alpha value is -2.05. The van der Waals surface area contributed by atoms with Crippen LogP contribution in [0.1, 0.15) is 13.3 Å². The van der Waals surface area contributed by atoms with Gasteiger partial charge < -0.3 is 15.7 Å². The number of rotatable bonds is 6. The highest BCUT2D eigenvalue weighted by molar-refractivity contribution is 6.32. The van der Waals surface area contributed by atoms with Crippen LogP contribution in [-0.4, -0.2) is 34.1 Å². The van der Waals surface area contributed by atoms with Gasteiger partial charge >= 0.3 is 6.03 Å². The van der Waals surface area contributed by atoms with Crippen LogP contribution in [0, 0.1) is 5.92 Å². The van der Waals surface area contributed by atoms with Gasteiger partial charge in [-0.1, -0.05) is 18.5 Å². The molecule has 6 nitrogen and oxygen atoms in total. The van der Waals surface area contributed by atoms with Gasteiger partial charge in [-0.2, -0.15) is 5.10 Å². The van der Waals surface area contributed by atoms with E-state index in [0.717, 1.165) is 5.69 Å². The molecular formula is C15H19ClN4O2. The molecule has 7 heteroatoms. The number of aliphatic hydroxyl groups is 1. The Morgan fingerprint density at radius 1 is 1.50 bits per heavy atom. The maximum absolute atomic E-state index is 11.8. The monoisotopic (exact) mass is 322 g/mol. The Kier molecular flexibility index (Phi) is 5.80. The van der Waals surface area contributed by atoms with Crippen molar-refractivity contribution < 1.29 is 9.90 Å². The van der Waals surface area contributed by atoms with Gasteiger partial charge in [0, 0.05) is 31.2 Å². The molecule has 2 aromatic rings. The zero-order chi connectivity index (χ0) is 15.9. The molecule has 0 radical (unpaired) electrons. The van der Waals surface area contributed by atoms with Crippen molar-refractivity contribution in [3.05, 3.63) is 41.7 Å². The molecule has 0 saturated carbocycles. The van der Waals surface area contributed by atoms with Crippen molar-refractivity contribution in [3.8, 4) is 5.69 Å². The molecule has 0 spiro atoms. The molecule has 0 aliphatic heterocycles. The number of benzene rings is 1. The van der Waals surface area contributed by atoms with E-state index in [1.165, 1.54) is 0 Å². The largest absolute Gasteiger partial charge is 0.396 e. The first kappa shape index (κ1) is 16.3. The number of carbonyl (C=O) groups excluding carboxylic acids is 1. The van der Waals surface area contributed by atoms with Crippen LogP contribution in [0.15, 0.2) is 36.7 Å². The van der Waals surface area contributed by atoms with Crippen LogP contribution < -0.4 is 10.6 Å². The average Bonchev–Trinajstić information content (AvgIpc) is 2.99. The molecule has 0 fully saturated rings. The van der Waals surface area contributed by atoms with E-state index in [1.54, 1.807) is 35.3 Å². The Balaban J connectivity index is 1.93. The second kappa shape index (κ2) is 7.82. The summed E-state index contributed by atoms with van der Waals surface area (Å²) in [6, 6.07) is 6.74. The van der Waals surface area contributed by atoms with E-state index in [4.69, 9.17) is 16.7 Å². The van der Waals surface area contributed by atoms with Crippen molar-refractivity contribution in [1.82, 2.24) is 15.1 Å². The molecule has 0 aliphatic rings. The van der Waals surface area contributed by atoms with E-state index in [9.17, 15) is 4.79 Å². The van der Waals surface area contributed by atoms with E-state index in [2.05, 4.69) is 15.7 Å². The summed E-state index contributed by atoms with van der Waals surface area (Å²) in [5, 5.41) is 18.9. The van der Waals surface area contributed by atoms with Gasteiger partial charge in [-0.25, -0.2) is 9.48 Å². The third kappa shape index (κ3) is 4.47. The van der Waals surface area contributed by atoms with Gasteiger partial charge in [0.05, 0.1) is 10.7 Å². The fourth-order valence-corrected chi connectivity index (χ4v) is 2.21. The predicted molar refractivity (Wildman–Crippen MR) is 86.5 cm³/mol. The molecule has 1 heterocycles. The number of urea groups is 1. The Morgan fingerprint density at radius 3 is 2.95 bits per heavy atom. The Labute approximate surface area is 134 Å². The molecule has 118 valence electrons. The molecule has 1 atom stereocenters. The smallest absolute Gasteiger partial charge is 0.319 e. The SMILES string of the molecule is CC(CCO)CNC(=O)Nc1ccc(-n2cccn2)c(Cl)c1. The second-order valence-electron chi connectivity index (χ2n) is 5.07. The fourth-order valence-electron chi connectivity index (χ4n) is 1.95. The lowest BCUT2D eigenvalue weighted by Gasteiger charge is -2.13. The normalized spacial score (nSPS) is 12.0. The summed E-state index contributed by atoms with van der Waals surface area (Å²) >= 11 is 6.21. The first-order chi connectivity index (χ1) is 10.6. The van der Waals surface area contributed by atoms with Gasteiger partial charge in [-0.15, -0.1) is 0 Å². The lowest BCUT2D eigenvalue weighted by molar-refractivity contribution is 0.243. The lowest BCUT2D eigenvalue weighted by Crippen LogP contribution is -2.32. The van der Waals surface area contributed by atoms with Gasteiger partial charge in [0.2, 0.25) is 0 Å². The number of halogens is 1. The minimum atomic E-state index is -0.298. The molecule has 0 aliphatic carbocycles. The van der Waals surface area contributed by atoms with Gasteiger partial charge in [-0.3, -0.25) is 0 Å². The van der Waals surface area contributed by atoms with Gasteiger partial charge in [-0.05, 0) is 36.6 Å². The molecule has 0 bridgehead atoms. The minimum absolute atomic E-state index is 0.120. The van der Waals surface area contributed by atoms with Crippen LogP contribution in [-0.2, 0) is 0 Å². The molecule has 3 N–H and O–H groups in total. The van der Waals surface area contributed by atoms with Crippen LogP contribution in [0.5, 0.6) is 0 Å². The Bertz CT molecular complexity index is 616. The molecule has 22 heavy (non-hydrogen) atoms. The maximum atomic E-state index is 11.8. The quantitative estimate of drug-likeness (QED) is 0.765. The summed E-state index contributed by atoms with van der Waals surface area (Å²) < 4.78 is 1.66. The maximum Gasteiger partial charge on any atom is 0.319 e. The fraction of sp³-hybridized carbons (Fsp3) is 0.333. The number of carbonyl (C=O) groups is 1. The van der Waals surface area contributed by atoms with Crippen LogP contribution in [0.2, 0.25) is 5.02 Å². The van der Waals surface area contributed by atoms with Crippen LogP contribution in [0.4, 0.5) is 10.5 Å². The number of aliphatic hydroxyl groups excluding tert-OH is 1. The highest BCUT2D eigenvalue weighted by atomic mass is 35.5. The number of aromatic nitrogens is 2. The second-order valence-corrected chi connectivity index (χ2v) is 5.48. The number of nitrogens with zero attached hydrogens (tertiary/aromatic N) is 2. The van der Waals surface area contributed by atoms with Crippen molar-refractivity contribution in [2.45, 2.75) is 13.3 Å². The number of hydrogen-bond acceptors (Lipinski definition) is 3. The zero-order valence-electron chi connectivity index (χ0n) is 12.3. The summed E-state index contributed by atoms with van der Waals surface area (Å²) in [5.74, 6) is 0.224. The average molecular weight is 323 g/mol. The summed E-state index contributed by atoms with van der Waals surface area (Å²) in [6.45, 7) is 2.59. The van der Waals surface area contributed by atoms with Crippen LogP contribution >= 0.6 is 11.6 Å². The summed E-state index contributed by atoms with van der Waals surface area (Å²) in [5.41, 5.74) is 1.35. The highest BCUT2D eigenvalue weighted by Crippen LogP contribution is 2.23. The van der Waals surface area contributed by atoms with Crippen LogP contribution in [0.25, 0.3) is 5.69 Å². The van der Waals surface area contributed by atoms with Gasteiger partial charge in [0.15, 0.2) is 0 Å². The first-order valence-corrected chi connectivity index (χ1v) is 7.43. The molecule has 0 saturated heterocycles. The van der Waals surface area contributed by atoms with Crippen LogP contribution in [0.3, 0.4) is 0 Å². The summed E-state index contributed by atoms with van der Waals surface area (Å²) in [7, 11) is 0. The third-order valence-corrected chi connectivity index (χ3v) is 3.49. The zero-order valence-corrected chi connectivity index (χ0v) is 13.0. The minimum Gasteiger partial charge on any atom is -0.396 e. The van der Waals surface area contributed by atoms with E-state index >= 15 is 0 Å². The van der Waals surface area contributed by atoms with Crippen molar-refractivity contribution >= 4 is 23.3 Å². The van der Waals surface area contributed by atoms with Crippen molar-refractivity contribution in [2.75, 3.05) is 18.5 Å². The topological polar surface area (TPSA) is 79.2 Å². The molecule has 2 rings (SSSR count). The van der Waals surface area contributed by atoms with E-state index in [-0.39, 0.29) is 18.6 Å². The number of nitrogens with one attached hydrogen (secondary N) is 2. The van der Waals surface area contributed by atoms with Crippen molar-refractivity contribution in [3.63, 3.8) is 0 Å². The Morgan fingerprint density at radius 2 is 2.32 bits per heavy atom. The van der Waals surface area contributed by atoms with Gasteiger partial charge in [0.1, 0.15) is 0 Å². The van der Waals surface area contributed by atoms with Gasteiger partial charge in [0.25, 0.3) is 0 Å². The first-order valence-electron chi connectivity index (χ1n) is 7.05. The van der Waals surface area contributed by atoms with E-state index < -0.39 is 0 Å². The number of amides is 2. The van der Waals surface area contributed by atoms with E-state index in [0.29, 0.717) is 23.7 Å². The summed E-state index contributed by atoms with van der Waals surface area (Å²) in [6.07, 6.45) is 4.12. The molecule has 1 unspecified atom stereocenters. The standard InChI is InChI=1S/C15H19ClN4O2/c1-11(5-8-21)10-17-15(22)19-12-3-4-14(13(16)9-12)20-7-2-6-18-20/h2-4,6-7,9,11,21H,5,8,10H2,1H3,(H2,17,19,22). The third-order valence-electron chi connectivity index (χ3n) is 3.19. The summed E-state index contributed by atoms with van der Waals surface area (Å²) in [4.78, 5) is 11.8. The number of anilines is 1. The van der Waals surface area contributed by atoms with E-state index in [1.807, 2.05) is 13.0 Å². The molecule has 2 amide bonds. The van der Waals surface area contributed by atoms with Crippen molar-refractivity contribution in [2.24, 2.45) is 5.92 Å². The number of hydrogen-bond donors (Lipinski definition) is 3. The highest BCUT2D eigenvalue weighted by Gasteiger charge is 2.08. The lowest BCUT2D eigenvalue weighted by atomic mass is 10.1. The predicted octanol–water partition coefficient (Wildman–Crippen LogP) is 2.67. The molecular weight excluding hydrogens is 304 g/mol.